The first kappa shape index (κ1) is 23.7. The number of halogens is 4. The second kappa shape index (κ2) is 10.2. The molecular formula is C24H15Br2F2NO3S. The van der Waals surface area contributed by atoms with Gasteiger partial charge in [0.25, 0.3) is 11.1 Å². The van der Waals surface area contributed by atoms with Crippen molar-refractivity contribution in [1.29, 1.82) is 0 Å². The number of ether oxygens (including phenoxy) is 1. The van der Waals surface area contributed by atoms with Crippen LogP contribution in [0.3, 0.4) is 0 Å². The van der Waals surface area contributed by atoms with E-state index in [0.717, 1.165) is 22.2 Å². The maximum atomic E-state index is 13.9. The molecule has 168 valence electrons. The number of carbonyl (C=O) groups is 2. The Morgan fingerprint density at radius 3 is 2.30 bits per heavy atom. The van der Waals surface area contributed by atoms with Crippen LogP contribution in [0.15, 0.2) is 74.5 Å². The minimum atomic E-state index is -0.475. The van der Waals surface area contributed by atoms with E-state index in [4.69, 9.17) is 4.74 Å². The van der Waals surface area contributed by atoms with Gasteiger partial charge in [0.2, 0.25) is 0 Å². The molecule has 0 saturated carbocycles. The van der Waals surface area contributed by atoms with Gasteiger partial charge in [-0.1, -0.05) is 30.3 Å². The number of hydrogen-bond donors (Lipinski definition) is 0. The minimum Gasteiger partial charge on any atom is -0.487 e. The fourth-order valence-corrected chi connectivity index (χ4v) is 5.41. The summed E-state index contributed by atoms with van der Waals surface area (Å²) in [6.45, 7) is 0.115. The van der Waals surface area contributed by atoms with E-state index >= 15 is 0 Å². The molecule has 0 radical (unpaired) electrons. The molecule has 0 aliphatic carbocycles. The van der Waals surface area contributed by atoms with Crippen molar-refractivity contribution in [2.24, 2.45) is 0 Å². The zero-order chi connectivity index (χ0) is 23.5. The molecule has 0 aromatic heterocycles. The molecule has 1 saturated heterocycles. The van der Waals surface area contributed by atoms with E-state index in [9.17, 15) is 18.4 Å². The number of amides is 2. The van der Waals surface area contributed by atoms with Gasteiger partial charge < -0.3 is 4.74 Å². The van der Waals surface area contributed by atoms with Crippen molar-refractivity contribution in [2.75, 3.05) is 0 Å². The Labute approximate surface area is 209 Å². The highest BCUT2D eigenvalue weighted by Gasteiger charge is 2.35. The summed E-state index contributed by atoms with van der Waals surface area (Å²) in [6, 6.07) is 15.6. The van der Waals surface area contributed by atoms with Crippen LogP contribution >= 0.6 is 43.6 Å². The van der Waals surface area contributed by atoms with Crippen LogP contribution in [-0.2, 0) is 17.9 Å². The topological polar surface area (TPSA) is 46.6 Å². The summed E-state index contributed by atoms with van der Waals surface area (Å²) in [5.74, 6) is -0.713. The Morgan fingerprint density at radius 2 is 1.64 bits per heavy atom. The fourth-order valence-electron chi connectivity index (χ4n) is 3.12. The van der Waals surface area contributed by atoms with Crippen LogP contribution in [-0.4, -0.2) is 16.0 Å². The molecule has 1 heterocycles. The fraction of sp³-hybridized carbons (Fsp3) is 0.0833. The second-order valence-corrected chi connectivity index (χ2v) is 9.79. The molecule has 4 rings (SSSR count). The average Bonchev–Trinajstić information content (AvgIpc) is 3.03. The smallest absolute Gasteiger partial charge is 0.293 e. The zero-order valence-electron chi connectivity index (χ0n) is 16.9. The van der Waals surface area contributed by atoms with E-state index in [-0.39, 0.29) is 29.4 Å². The molecule has 0 atom stereocenters. The predicted molar refractivity (Wildman–Crippen MR) is 130 cm³/mol. The molecule has 1 aliphatic rings. The Bertz CT molecular complexity index is 1240. The minimum absolute atomic E-state index is 0.127. The Balaban J connectivity index is 1.50. The number of carbonyl (C=O) groups excluding carboxylic acids is 2. The molecule has 33 heavy (non-hydrogen) atoms. The van der Waals surface area contributed by atoms with Gasteiger partial charge in [0.15, 0.2) is 0 Å². The van der Waals surface area contributed by atoms with E-state index in [0.29, 0.717) is 20.3 Å². The van der Waals surface area contributed by atoms with Crippen LogP contribution in [0.1, 0.15) is 16.7 Å². The molecule has 1 fully saturated rings. The summed E-state index contributed by atoms with van der Waals surface area (Å²) >= 11 is 7.75. The monoisotopic (exact) mass is 593 g/mol. The Morgan fingerprint density at radius 1 is 0.970 bits per heavy atom. The molecule has 2 amide bonds. The first-order valence-corrected chi connectivity index (χ1v) is 12.1. The highest BCUT2D eigenvalue weighted by molar-refractivity contribution is 9.11. The van der Waals surface area contributed by atoms with Crippen molar-refractivity contribution in [3.63, 3.8) is 0 Å². The van der Waals surface area contributed by atoms with Crippen LogP contribution in [0.5, 0.6) is 5.75 Å². The third-order valence-electron chi connectivity index (χ3n) is 4.77. The summed E-state index contributed by atoms with van der Waals surface area (Å²) in [4.78, 5) is 26.4. The van der Waals surface area contributed by atoms with Crippen LogP contribution in [0.2, 0.25) is 0 Å². The molecule has 0 N–H and O–H groups in total. The van der Waals surface area contributed by atoms with Crippen LogP contribution in [0.4, 0.5) is 13.6 Å². The normalized spacial score (nSPS) is 14.9. The molecule has 1 aliphatic heterocycles. The van der Waals surface area contributed by atoms with Gasteiger partial charge in [-0.05, 0) is 91.2 Å². The van der Waals surface area contributed by atoms with Crippen molar-refractivity contribution >= 4 is 60.8 Å². The maximum absolute atomic E-state index is 13.9. The lowest BCUT2D eigenvalue weighted by Gasteiger charge is -2.13. The van der Waals surface area contributed by atoms with Crippen LogP contribution in [0, 0.1) is 11.6 Å². The quantitative estimate of drug-likeness (QED) is 0.281. The molecule has 3 aromatic carbocycles. The maximum Gasteiger partial charge on any atom is 0.293 e. The first-order chi connectivity index (χ1) is 15.8. The number of imide groups is 1. The molecule has 4 nitrogen and oxygen atoms in total. The summed E-state index contributed by atoms with van der Waals surface area (Å²) in [5.41, 5.74) is 1.75. The Hall–Kier alpha value is -2.49. The SMILES string of the molecule is O=C1S/C(=C/c2cc(Br)c(OCc3ccc(F)cc3)c(Br)c2)C(=O)N1Cc1ccccc1F. The molecule has 0 bridgehead atoms. The summed E-state index contributed by atoms with van der Waals surface area (Å²) in [7, 11) is 0. The molecule has 9 heteroatoms. The van der Waals surface area contributed by atoms with Crippen molar-refractivity contribution in [1.82, 2.24) is 4.90 Å². The van der Waals surface area contributed by atoms with Gasteiger partial charge in [0.05, 0.1) is 20.4 Å². The standard InChI is InChI=1S/C24H15Br2F2NO3S/c25-18-9-15(10-19(26)22(18)32-13-14-5-7-17(27)8-6-14)11-21-23(30)29(24(31)33-21)12-16-3-1-2-4-20(16)28/h1-11H,12-13H2/b21-11+. The number of hydrogen-bond acceptors (Lipinski definition) is 4. The lowest BCUT2D eigenvalue weighted by Crippen LogP contribution is -2.27. The van der Waals surface area contributed by atoms with Gasteiger partial charge in [-0.3, -0.25) is 14.5 Å². The third kappa shape index (κ3) is 5.54. The Kier molecular flexibility index (Phi) is 7.31. The number of benzene rings is 3. The van der Waals surface area contributed by atoms with E-state index in [1.54, 1.807) is 48.5 Å². The van der Waals surface area contributed by atoms with Gasteiger partial charge in [0.1, 0.15) is 24.0 Å². The van der Waals surface area contributed by atoms with Crippen molar-refractivity contribution in [3.05, 3.63) is 103 Å². The van der Waals surface area contributed by atoms with Crippen molar-refractivity contribution in [3.8, 4) is 5.75 Å². The summed E-state index contributed by atoms with van der Waals surface area (Å²) in [6.07, 6.45) is 1.60. The highest BCUT2D eigenvalue weighted by atomic mass is 79.9. The lowest BCUT2D eigenvalue weighted by atomic mass is 10.2. The molecular weight excluding hydrogens is 580 g/mol. The third-order valence-corrected chi connectivity index (χ3v) is 6.86. The number of nitrogens with zero attached hydrogens (tertiary/aromatic N) is 1. The average molecular weight is 595 g/mol. The van der Waals surface area contributed by atoms with E-state index in [1.807, 2.05) is 0 Å². The van der Waals surface area contributed by atoms with Crippen LogP contribution in [0.25, 0.3) is 6.08 Å². The second-order valence-electron chi connectivity index (χ2n) is 7.09. The summed E-state index contributed by atoms with van der Waals surface area (Å²) < 4.78 is 34.1. The highest BCUT2D eigenvalue weighted by Crippen LogP contribution is 2.38. The largest absolute Gasteiger partial charge is 0.487 e. The van der Waals surface area contributed by atoms with Gasteiger partial charge in [-0.2, -0.15) is 0 Å². The van der Waals surface area contributed by atoms with E-state index in [2.05, 4.69) is 31.9 Å². The van der Waals surface area contributed by atoms with Gasteiger partial charge in [-0.15, -0.1) is 0 Å². The molecule has 3 aromatic rings. The van der Waals surface area contributed by atoms with Crippen molar-refractivity contribution < 1.29 is 23.1 Å². The zero-order valence-corrected chi connectivity index (χ0v) is 20.8. The molecule has 0 spiro atoms. The number of rotatable bonds is 6. The number of thioether (sulfide) groups is 1. The summed E-state index contributed by atoms with van der Waals surface area (Å²) in [5, 5.41) is -0.452. The van der Waals surface area contributed by atoms with Crippen LogP contribution < -0.4 is 4.74 Å². The predicted octanol–water partition coefficient (Wildman–Crippen LogP) is 7.31. The first-order valence-electron chi connectivity index (χ1n) is 9.67. The molecule has 0 unspecified atom stereocenters. The van der Waals surface area contributed by atoms with E-state index < -0.39 is 17.0 Å². The lowest BCUT2D eigenvalue weighted by molar-refractivity contribution is -0.123. The van der Waals surface area contributed by atoms with Gasteiger partial charge >= 0.3 is 0 Å². The van der Waals surface area contributed by atoms with Gasteiger partial charge in [-0.25, -0.2) is 8.78 Å². The van der Waals surface area contributed by atoms with E-state index in [1.165, 1.54) is 18.2 Å². The van der Waals surface area contributed by atoms with Crippen molar-refractivity contribution in [2.45, 2.75) is 13.2 Å². The van der Waals surface area contributed by atoms with Gasteiger partial charge in [0, 0.05) is 5.56 Å².